The van der Waals surface area contributed by atoms with Crippen molar-refractivity contribution in [1.82, 2.24) is 15.1 Å². The second-order valence-electron chi connectivity index (χ2n) is 6.45. The molecule has 1 saturated heterocycles. The lowest BCUT2D eigenvalue weighted by atomic mass is 9.88. The topological polar surface area (TPSA) is 59.0 Å². The van der Waals surface area contributed by atoms with Gasteiger partial charge in [-0.2, -0.15) is 5.10 Å². The van der Waals surface area contributed by atoms with Gasteiger partial charge in [-0.1, -0.05) is 24.3 Å². The second kappa shape index (κ2) is 8.70. The minimum atomic E-state index is 0. The van der Waals surface area contributed by atoms with Crippen LogP contribution in [0.15, 0.2) is 36.5 Å². The number of hydrogen-bond donors (Lipinski definition) is 2. The van der Waals surface area contributed by atoms with Gasteiger partial charge in [0, 0.05) is 12.6 Å². The molecule has 5 nitrogen and oxygen atoms in total. The number of hydrogen-bond acceptors (Lipinski definition) is 3. The smallest absolute Gasteiger partial charge is 0.229 e. The van der Waals surface area contributed by atoms with E-state index in [1.165, 1.54) is 11.1 Å². The van der Waals surface area contributed by atoms with Crippen molar-refractivity contribution in [2.45, 2.75) is 31.7 Å². The summed E-state index contributed by atoms with van der Waals surface area (Å²) in [4.78, 5) is 12.4. The highest BCUT2D eigenvalue weighted by molar-refractivity contribution is 5.92. The van der Waals surface area contributed by atoms with E-state index >= 15 is 0 Å². The third-order valence-corrected chi connectivity index (χ3v) is 4.99. The number of fused-ring (bicyclic) bond motifs is 1. The van der Waals surface area contributed by atoms with Crippen molar-refractivity contribution in [2.75, 3.05) is 18.4 Å². The van der Waals surface area contributed by atoms with Crippen LogP contribution in [0.3, 0.4) is 0 Å². The second-order valence-corrected chi connectivity index (χ2v) is 6.45. The van der Waals surface area contributed by atoms with E-state index in [0.717, 1.165) is 44.6 Å². The Kier molecular flexibility index (Phi) is 6.87. The molecular formula is C18H24Cl2N4O. The largest absolute Gasteiger partial charge is 0.316 e. The zero-order valence-electron chi connectivity index (χ0n) is 14.0. The minimum Gasteiger partial charge on any atom is -0.316 e. The molecule has 1 aromatic carbocycles. The molecule has 2 unspecified atom stereocenters. The zero-order chi connectivity index (χ0) is 15.6. The van der Waals surface area contributed by atoms with Crippen LogP contribution >= 0.6 is 24.8 Å². The van der Waals surface area contributed by atoms with Crippen LogP contribution in [-0.4, -0.2) is 28.8 Å². The van der Waals surface area contributed by atoms with Crippen LogP contribution < -0.4 is 10.6 Å². The Balaban J connectivity index is 0.00000113. The molecule has 1 aliphatic carbocycles. The Morgan fingerprint density at radius 3 is 2.84 bits per heavy atom. The fraction of sp³-hybridized carbons (Fsp3) is 0.444. The van der Waals surface area contributed by atoms with Gasteiger partial charge in [-0.15, -0.1) is 24.8 Å². The lowest BCUT2D eigenvalue weighted by Crippen LogP contribution is -2.27. The van der Waals surface area contributed by atoms with Crippen molar-refractivity contribution in [2.24, 2.45) is 5.92 Å². The molecule has 136 valence electrons. The Hall–Kier alpha value is -1.56. The summed E-state index contributed by atoms with van der Waals surface area (Å²) in [5, 5.41) is 10.8. The Morgan fingerprint density at radius 1 is 1.20 bits per heavy atom. The van der Waals surface area contributed by atoms with E-state index < -0.39 is 0 Å². The quantitative estimate of drug-likeness (QED) is 0.856. The van der Waals surface area contributed by atoms with Crippen LogP contribution in [0.1, 0.15) is 36.4 Å². The van der Waals surface area contributed by atoms with Crippen molar-refractivity contribution in [3.8, 4) is 0 Å². The number of aryl methyl sites for hydroxylation is 1. The highest BCUT2D eigenvalue weighted by Gasteiger charge is 2.26. The Morgan fingerprint density at radius 2 is 2.04 bits per heavy atom. The van der Waals surface area contributed by atoms with Gasteiger partial charge in [-0.25, -0.2) is 4.68 Å². The van der Waals surface area contributed by atoms with Crippen LogP contribution in [0, 0.1) is 5.92 Å². The summed E-state index contributed by atoms with van der Waals surface area (Å²) in [6, 6.07) is 10.7. The van der Waals surface area contributed by atoms with Crippen molar-refractivity contribution in [3.05, 3.63) is 47.7 Å². The van der Waals surface area contributed by atoms with Crippen molar-refractivity contribution in [3.63, 3.8) is 0 Å². The third kappa shape index (κ3) is 4.00. The maximum absolute atomic E-state index is 12.4. The maximum atomic E-state index is 12.4. The normalized spacial score (nSPS) is 21.6. The van der Waals surface area contributed by atoms with Gasteiger partial charge in [0.1, 0.15) is 5.82 Å². The van der Waals surface area contributed by atoms with Gasteiger partial charge in [-0.3, -0.25) is 4.79 Å². The molecule has 25 heavy (non-hydrogen) atoms. The van der Waals surface area contributed by atoms with Crippen molar-refractivity contribution in [1.29, 1.82) is 0 Å². The first-order valence-corrected chi connectivity index (χ1v) is 8.46. The molecule has 2 N–H and O–H groups in total. The number of amides is 1. The van der Waals surface area contributed by atoms with E-state index in [9.17, 15) is 4.79 Å². The van der Waals surface area contributed by atoms with Gasteiger partial charge in [0.2, 0.25) is 5.91 Å². The number of rotatable bonds is 3. The number of nitrogens with one attached hydrogen (secondary N) is 2. The first kappa shape index (κ1) is 19.8. The average Bonchev–Trinajstić information content (AvgIpc) is 3.26. The molecular weight excluding hydrogens is 359 g/mol. The summed E-state index contributed by atoms with van der Waals surface area (Å²) in [5.41, 5.74) is 2.73. The molecule has 0 spiro atoms. The SMILES string of the molecule is Cl.Cl.O=C(Nc1ccnn1C1CCCc2ccccc21)C1CCNC1. The fourth-order valence-corrected chi connectivity index (χ4v) is 3.75. The van der Waals surface area contributed by atoms with Gasteiger partial charge in [0.15, 0.2) is 0 Å². The molecule has 2 heterocycles. The van der Waals surface area contributed by atoms with Crippen molar-refractivity contribution < 1.29 is 4.79 Å². The molecule has 1 amide bonds. The molecule has 2 atom stereocenters. The fourth-order valence-electron chi connectivity index (χ4n) is 3.75. The predicted molar refractivity (Wildman–Crippen MR) is 104 cm³/mol. The average molecular weight is 383 g/mol. The molecule has 0 saturated carbocycles. The molecule has 2 aliphatic rings. The summed E-state index contributed by atoms with van der Waals surface area (Å²) >= 11 is 0. The first-order chi connectivity index (χ1) is 11.3. The summed E-state index contributed by atoms with van der Waals surface area (Å²) in [5.74, 6) is 0.974. The Bertz CT molecular complexity index is 713. The van der Waals surface area contributed by atoms with Gasteiger partial charge < -0.3 is 10.6 Å². The number of nitrogens with zero attached hydrogens (tertiary/aromatic N) is 2. The van der Waals surface area contributed by atoms with Crippen LogP contribution in [-0.2, 0) is 11.2 Å². The van der Waals surface area contributed by atoms with E-state index in [2.05, 4.69) is 40.0 Å². The summed E-state index contributed by atoms with van der Waals surface area (Å²) < 4.78 is 1.98. The molecule has 1 fully saturated rings. The number of carbonyl (C=O) groups is 1. The summed E-state index contributed by atoms with van der Waals surface area (Å²) in [6.45, 7) is 1.69. The van der Waals surface area contributed by atoms with E-state index in [-0.39, 0.29) is 42.7 Å². The van der Waals surface area contributed by atoms with Gasteiger partial charge in [0.25, 0.3) is 0 Å². The molecule has 4 rings (SSSR count). The van der Waals surface area contributed by atoms with Crippen molar-refractivity contribution >= 4 is 36.5 Å². The van der Waals surface area contributed by atoms with Gasteiger partial charge in [0.05, 0.1) is 18.2 Å². The van der Waals surface area contributed by atoms with E-state index in [1.807, 2.05) is 10.7 Å². The number of aromatic nitrogens is 2. The van der Waals surface area contributed by atoms with Crippen LogP contribution in [0.2, 0.25) is 0 Å². The van der Waals surface area contributed by atoms with Gasteiger partial charge >= 0.3 is 0 Å². The number of halogens is 2. The lowest BCUT2D eigenvalue weighted by molar-refractivity contribution is -0.119. The zero-order valence-corrected chi connectivity index (χ0v) is 15.6. The van der Waals surface area contributed by atoms with E-state index in [1.54, 1.807) is 6.20 Å². The minimum absolute atomic E-state index is 0. The summed E-state index contributed by atoms with van der Waals surface area (Å²) in [7, 11) is 0. The highest BCUT2D eigenvalue weighted by Crippen LogP contribution is 2.34. The maximum Gasteiger partial charge on any atom is 0.229 e. The summed E-state index contributed by atoms with van der Waals surface area (Å²) in [6.07, 6.45) is 6.03. The van der Waals surface area contributed by atoms with Crippen LogP contribution in [0.25, 0.3) is 0 Å². The number of anilines is 1. The molecule has 0 radical (unpaired) electrons. The monoisotopic (exact) mass is 382 g/mol. The highest BCUT2D eigenvalue weighted by atomic mass is 35.5. The standard InChI is InChI=1S/C18H22N4O.2ClH/c23-18(14-8-10-19-12-14)21-17-9-11-20-22(17)16-7-3-5-13-4-1-2-6-15(13)16;;/h1-2,4,6,9,11,14,16,19H,3,5,7-8,10,12H2,(H,21,23);2*1H. The molecule has 1 aliphatic heterocycles. The lowest BCUT2D eigenvalue weighted by Gasteiger charge is -2.27. The Labute approximate surface area is 160 Å². The predicted octanol–water partition coefficient (Wildman–Crippen LogP) is 3.20. The van der Waals surface area contributed by atoms with Crippen LogP contribution in [0.4, 0.5) is 5.82 Å². The molecule has 2 aromatic rings. The number of benzene rings is 1. The number of carbonyl (C=O) groups excluding carboxylic acids is 1. The first-order valence-electron chi connectivity index (χ1n) is 8.46. The molecule has 7 heteroatoms. The van der Waals surface area contributed by atoms with E-state index in [0.29, 0.717) is 0 Å². The van der Waals surface area contributed by atoms with Gasteiger partial charge in [-0.05, 0) is 43.4 Å². The molecule has 0 bridgehead atoms. The van der Waals surface area contributed by atoms with E-state index in [4.69, 9.17) is 0 Å². The molecule has 1 aromatic heterocycles. The van der Waals surface area contributed by atoms with Crippen LogP contribution in [0.5, 0.6) is 0 Å². The third-order valence-electron chi connectivity index (χ3n) is 4.99.